The maximum Gasteiger partial charge on any atom is 0.0878 e. The molecule has 1 heterocycles. The topological polar surface area (TPSA) is 29.5 Å². The Kier molecular flexibility index (Phi) is 2.66. The summed E-state index contributed by atoms with van der Waals surface area (Å²) >= 11 is 0. The van der Waals surface area contributed by atoms with Crippen molar-refractivity contribution in [2.24, 2.45) is 5.92 Å². The van der Waals surface area contributed by atoms with Crippen LogP contribution in [0.3, 0.4) is 0 Å². The van der Waals surface area contributed by atoms with E-state index in [1.54, 1.807) is 0 Å². The minimum atomic E-state index is -0.480. The third-order valence-corrected chi connectivity index (χ3v) is 2.63. The monoisotopic (exact) mass is 190 g/mol. The molecular formula is C12H14O2. The standard InChI is InChI=1S/C12H14O2/c1-9-7-14-8-11(9)12(13)10-5-3-2-4-6-10/h2-6,11-13H,1,7-8H2/t11-,12+/m1/s1. The van der Waals surface area contributed by atoms with Gasteiger partial charge in [0.15, 0.2) is 0 Å². The van der Waals surface area contributed by atoms with E-state index >= 15 is 0 Å². The summed E-state index contributed by atoms with van der Waals surface area (Å²) in [4.78, 5) is 0. The van der Waals surface area contributed by atoms with E-state index in [0.29, 0.717) is 13.2 Å². The molecule has 1 aliphatic rings. The van der Waals surface area contributed by atoms with E-state index in [1.165, 1.54) is 0 Å². The Balaban J connectivity index is 2.16. The van der Waals surface area contributed by atoms with Crippen LogP contribution in [0.2, 0.25) is 0 Å². The van der Waals surface area contributed by atoms with Crippen molar-refractivity contribution in [3.05, 3.63) is 48.0 Å². The number of aliphatic hydroxyl groups is 1. The Bertz CT molecular complexity index is 318. The van der Waals surface area contributed by atoms with Crippen LogP contribution in [0.4, 0.5) is 0 Å². The summed E-state index contributed by atoms with van der Waals surface area (Å²) in [5, 5.41) is 10.0. The highest BCUT2D eigenvalue weighted by molar-refractivity contribution is 5.22. The summed E-state index contributed by atoms with van der Waals surface area (Å²) < 4.78 is 5.25. The van der Waals surface area contributed by atoms with Gasteiger partial charge < -0.3 is 9.84 Å². The Labute approximate surface area is 83.8 Å². The van der Waals surface area contributed by atoms with Crippen molar-refractivity contribution < 1.29 is 9.84 Å². The predicted octanol–water partition coefficient (Wildman–Crippen LogP) is 1.92. The van der Waals surface area contributed by atoms with Gasteiger partial charge in [0, 0.05) is 5.92 Å². The van der Waals surface area contributed by atoms with Gasteiger partial charge in [-0.15, -0.1) is 0 Å². The third kappa shape index (κ3) is 1.72. The molecule has 1 saturated heterocycles. The number of ether oxygens (including phenoxy) is 1. The third-order valence-electron chi connectivity index (χ3n) is 2.63. The van der Waals surface area contributed by atoms with Crippen molar-refractivity contribution in [1.82, 2.24) is 0 Å². The first-order valence-electron chi connectivity index (χ1n) is 4.77. The van der Waals surface area contributed by atoms with Gasteiger partial charge in [-0.1, -0.05) is 36.9 Å². The van der Waals surface area contributed by atoms with Gasteiger partial charge >= 0.3 is 0 Å². The van der Waals surface area contributed by atoms with Gasteiger partial charge in [0.05, 0.1) is 19.3 Å². The van der Waals surface area contributed by atoms with Crippen LogP contribution in [0.15, 0.2) is 42.5 Å². The van der Waals surface area contributed by atoms with E-state index in [0.717, 1.165) is 11.1 Å². The molecule has 2 atom stereocenters. The van der Waals surface area contributed by atoms with Crippen molar-refractivity contribution in [1.29, 1.82) is 0 Å². The first-order valence-corrected chi connectivity index (χ1v) is 4.77. The summed E-state index contributed by atoms with van der Waals surface area (Å²) in [6, 6.07) is 9.65. The van der Waals surface area contributed by atoms with Crippen molar-refractivity contribution in [3.63, 3.8) is 0 Å². The average molecular weight is 190 g/mol. The average Bonchev–Trinajstić information content (AvgIpc) is 2.65. The molecule has 2 nitrogen and oxygen atoms in total. The fourth-order valence-corrected chi connectivity index (χ4v) is 1.74. The molecule has 2 heteroatoms. The number of rotatable bonds is 2. The predicted molar refractivity (Wildman–Crippen MR) is 54.9 cm³/mol. The van der Waals surface area contributed by atoms with Gasteiger partial charge in [0.2, 0.25) is 0 Å². The first kappa shape index (κ1) is 9.44. The number of hydrogen-bond donors (Lipinski definition) is 1. The SMILES string of the molecule is C=C1COC[C@H]1[C@@H](O)c1ccccc1. The van der Waals surface area contributed by atoms with Crippen LogP contribution >= 0.6 is 0 Å². The molecule has 1 aromatic rings. The minimum Gasteiger partial charge on any atom is -0.388 e. The van der Waals surface area contributed by atoms with Gasteiger partial charge in [-0.2, -0.15) is 0 Å². The molecule has 0 bridgehead atoms. The maximum atomic E-state index is 10.0. The molecule has 74 valence electrons. The van der Waals surface area contributed by atoms with Gasteiger partial charge in [-0.3, -0.25) is 0 Å². The number of aliphatic hydroxyl groups excluding tert-OH is 1. The van der Waals surface area contributed by atoms with E-state index in [-0.39, 0.29) is 5.92 Å². The fourth-order valence-electron chi connectivity index (χ4n) is 1.74. The van der Waals surface area contributed by atoms with Crippen molar-refractivity contribution in [2.75, 3.05) is 13.2 Å². The van der Waals surface area contributed by atoms with E-state index in [1.807, 2.05) is 30.3 Å². The first-order chi connectivity index (χ1) is 6.79. The molecule has 14 heavy (non-hydrogen) atoms. The molecular weight excluding hydrogens is 176 g/mol. The lowest BCUT2D eigenvalue weighted by molar-refractivity contribution is 0.0971. The number of benzene rings is 1. The summed E-state index contributed by atoms with van der Waals surface area (Å²) in [7, 11) is 0. The van der Waals surface area contributed by atoms with Crippen LogP contribution in [0.1, 0.15) is 11.7 Å². The Morgan fingerprint density at radius 2 is 2.07 bits per heavy atom. The van der Waals surface area contributed by atoms with E-state index in [9.17, 15) is 5.11 Å². The molecule has 0 spiro atoms. The van der Waals surface area contributed by atoms with Crippen LogP contribution in [0, 0.1) is 5.92 Å². The maximum absolute atomic E-state index is 10.0. The van der Waals surface area contributed by atoms with Gasteiger partial charge in [-0.05, 0) is 11.1 Å². The second kappa shape index (κ2) is 3.95. The smallest absolute Gasteiger partial charge is 0.0878 e. The Morgan fingerprint density at radius 3 is 2.64 bits per heavy atom. The normalized spacial score (nSPS) is 23.8. The highest BCUT2D eigenvalue weighted by atomic mass is 16.5. The molecule has 1 aliphatic heterocycles. The highest BCUT2D eigenvalue weighted by Crippen LogP contribution is 2.31. The van der Waals surface area contributed by atoms with Crippen LogP contribution in [0.5, 0.6) is 0 Å². The molecule has 1 aromatic carbocycles. The molecule has 0 aliphatic carbocycles. The summed E-state index contributed by atoms with van der Waals surface area (Å²) in [6.07, 6.45) is -0.480. The zero-order chi connectivity index (χ0) is 9.97. The quantitative estimate of drug-likeness (QED) is 0.722. The minimum absolute atomic E-state index is 0.0531. The zero-order valence-corrected chi connectivity index (χ0v) is 8.02. The molecule has 0 unspecified atom stereocenters. The molecule has 2 rings (SSSR count). The van der Waals surface area contributed by atoms with Crippen LogP contribution in [0.25, 0.3) is 0 Å². The summed E-state index contributed by atoms with van der Waals surface area (Å²) in [6.45, 7) is 5.05. The molecule has 1 fully saturated rings. The zero-order valence-electron chi connectivity index (χ0n) is 8.02. The molecule has 1 N–H and O–H groups in total. The van der Waals surface area contributed by atoms with E-state index in [2.05, 4.69) is 6.58 Å². The van der Waals surface area contributed by atoms with Gasteiger partial charge in [0.25, 0.3) is 0 Å². The van der Waals surface area contributed by atoms with Gasteiger partial charge in [-0.25, -0.2) is 0 Å². The second-order valence-corrected chi connectivity index (χ2v) is 3.64. The summed E-state index contributed by atoms with van der Waals surface area (Å²) in [5.74, 6) is 0.0531. The van der Waals surface area contributed by atoms with Crippen LogP contribution in [-0.2, 0) is 4.74 Å². The highest BCUT2D eigenvalue weighted by Gasteiger charge is 2.28. The number of hydrogen-bond acceptors (Lipinski definition) is 2. The van der Waals surface area contributed by atoms with Gasteiger partial charge in [0.1, 0.15) is 0 Å². The van der Waals surface area contributed by atoms with Crippen molar-refractivity contribution in [3.8, 4) is 0 Å². The molecule has 0 amide bonds. The van der Waals surface area contributed by atoms with Crippen LogP contribution < -0.4 is 0 Å². The second-order valence-electron chi connectivity index (χ2n) is 3.64. The molecule has 0 radical (unpaired) electrons. The lowest BCUT2D eigenvalue weighted by atomic mass is 9.92. The fraction of sp³-hybridized carbons (Fsp3) is 0.333. The lowest BCUT2D eigenvalue weighted by Crippen LogP contribution is -2.13. The van der Waals surface area contributed by atoms with Crippen LogP contribution in [-0.4, -0.2) is 18.3 Å². The Morgan fingerprint density at radius 1 is 1.36 bits per heavy atom. The van der Waals surface area contributed by atoms with E-state index < -0.39 is 6.10 Å². The summed E-state index contributed by atoms with van der Waals surface area (Å²) in [5.41, 5.74) is 1.92. The largest absolute Gasteiger partial charge is 0.388 e. The van der Waals surface area contributed by atoms with E-state index in [4.69, 9.17) is 4.74 Å². The Hall–Kier alpha value is -1.12. The lowest BCUT2D eigenvalue weighted by Gasteiger charge is -2.17. The molecule has 0 aromatic heterocycles. The van der Waals surface area contributed by atoms with Crippen molar-refractivity contribution in [2.45, 2.75) is 6.10 Å². The molecule has 0 saturated carbocycles. The van der Waals surface area contributed by atoms with Crippen molar-refractivity contribution >= 4 is 0 Å².